The normalized spacial score (nSPS) is 12.5. The van der Waals surface area contributed by atoms with Crippen molar-refractivity contribution < 1.29 is 26.1 Å². The van der Waals surface area contributed by atoms with Crippen molar-refractivity contribution in [3.05, 3.63) is 175 Å². The lowest BCUT2D eigenvalue weighted by atomic mass is 9.82. The van der Waals surface area contributed by atoms with Gasteiger partial charge in [0.1, 0.15) is 0 Å². The Morgan fingerprint density at radius 3 is 1.71 bits per heavy atom. The molecule has 242 valence electrons. The van der Waals surface area contributed by atoms with Crippen LogP contribution >= 0.6 is 7.92 Å². The van der Waals surface area contributed by atoms with Gasteiger partial charge in [-0.15, -0.1) is 0 Å². The number of nitrogens with zero attached hydrogens (tertiary/aromatic N) is 1. The Morgan fingerprint density at radius 2 is 1.08 bits per heavy atom. The molecular weight excluding hydrogens is 650 g/mol. The summed E-state index contributed by atoms with van der Waals surface area (Å²) in [4.78, 5) is 0. The highest BCUT2D eigenvalue weighted by atomic mass is 32.2. The molecule has 0 aliphatic carbocycles. The predicted molar refractivity (Wildman–Crippen MR) is 191 cm³/mol. The minimum absolute atomic E-state index is 0.0748. The summed E-state index contributed by atoms with van der Waals surface area (Å²) in [5.41, 5.74) is -0.217. The average molecular weight is 682 g/mol. The Labute approximate surface area is 278 Å². The number of alkyl halides is 3. The van der Waals surface area contributed by atoms with Crippen molar-refractivity contribution >= 4 is 55.6 Å². The molecule has 0 aliphatic rings. The van der Waals surface area contributed by atoms with Crippen LogP contribution in [0.1, 0.15) is 22.6 Å². The molecule has 1 N–H and O–H groups in total. The minimum Gasteiger partial charge on any atom is -0.350 e. The van der Waals surface area contributed by atoms with Crippen LogP contribution in [0.15, 0.2) is 158 Å². The Hall–Kier alpha value is -4.75. The lowest BCUT2D eigenvalue weighted by molar-refractivity contribution is -0.0510. The fraction of sp³-hybridized carbons (Fsp3) is 0.0769. The highest BCUT2D eigenvalue weighted by molar-refractivity contribution is 7.86. The summed E-state index contributed by atoms with van der Waals surface area (Å²) < 4.78 is 59.8. The van der Waals surface area contributed by atoms with Crippen molar-refractivity contribution in [1.29, 1.82) is 0 Å². The maximum absolute atomic E-state index is 10.7. The van der Waals surface area contributed by atoms with Crippen molar-refractivity contribution in [2.75, 3.05) is 0 Å². The summed E-state index contributed by atoms with van der Waals surface area (Å²) in [6, 6.07) is 55.6. The van der Waals surface area contributed by atoms with E-state index < -0.39 is 23.5 Å². The first-order valence-corrected chi connectivity index (χ1v) is 17.9. The van der Waals surface area contributed by atoms with Gasteiger partial charge in [0.15, 0.2) is 0 Å². The van der Waals surface area contributed by atoms with Gasteiger partial charge in [-0.05, 0) is 57.4 Å². The van der Waals surface area contributed by atoms with Gasteiger partial charge < -0.3 is 4.57 Å². The molecule has 48 heavy (non-hydrogen) atoms. The number of aryl methyl sites for hydroxylation is 1. The number of rotatable bonds is 6. The molecule has 1 atom stereocenters. The molecule has 1 unspecified atom stereocenters. The lowest BCUT2D eigenvalue weighted by Crippen LogP contribution is -2.25. The smallest absolute Gasteiger partial charge is 0.350 e. The van der Waals surface area contributed by atoms with E-state index in [0.717, 1.165) is 0 Å². The minimum atomic E-state index is -5.84. The third-order valence-electron chi connectivity index (χ3n) is 8.18. The van der Waals surface area contributed by atoms with Gasteiger partial charge in [-0.1, -0.05) is 146 Å². The molecule has 0 aliphatic heterocycles. The van der Waals surface area contributed by atoms with E-state index in [1.807, 2.05) is 0 Å². The van der Waals surface area contributed by atoms with Crippen molar-refractivity contribution in [3.63, 3.8) is 0 Å². The Morgan fingerprint density at radius 1 is 0.604 bits per heavy atom. The van der Waals surface area contributed by atoms with Gasteiger partial charge in [0.05, 0.1) is 0 Å². The second-order valence-electron chi connectivity index (χ2n) is 11.2. The molecule has 0 amide bonds. The monoisotopic (exact) mass is 681 g/mol. The number of para-hydroxylation sites is 1. The molecule has 1 aromatic heterocycles. The molecule has 4 nitrogen and oxygen atoms in total. The molecule has 0 fully saturated rings. The molecule has 7 aromatic rings. The molecule has 0 radical (unpaired) electrons. The second kappa shape index (κ2) is 13.8. The van der Waals surface area contributed by atoms with Crippen LogP contribution in [0.5, 0.6) is 0 Å². The fourth-order valence-corrected chi connectivity index (χ4v) is 8.62. The second-order valence-corrected chi connectivity index (χ2v) is 14.8. The SMILES string of the molecule is Cn1cc(C(c2ccccc2P(c2ccccc2)c2ccccc2)c2cccc3ccccc23)c2ccccc21.O=S(=O)(O)C(F)(F)F. The number of hydrogen-bond acceptors (Lipinski definition) is 2. The maximum atomic E-state index is 10.7. The molecule has 0 saturated heterocycles. The summed E-state index contributed by atoms with van der Waals surface area (Å²) in [6.07, 6.45) is 2.35. The van der Waals surface area contributed by atoms with E-state index in [4.69, 9.17) is 13.0 Å². The van der Waals surface area contributed by atoms with Crippen LogP contribution in [0.25, 0.3) is 21.7 Å². The van der Waals surface area contributed by atoms with Crippen LogP contribution in [-0.4, -0.2) is 23.0 Å². The molecule has 0 saturated carbocycles. The average Bonchev–Trinajstić information content (AvgIpc) is 3.42. The number of aromatic nitrogens is 1. The molecule has 0 bridgehead atoms. The van der Waals surface area contributed by atoms with Gasteiger partial charge >= 0.3 is 15.6 Å². The van der Waals surface area contributed by atoms with E-state index in [2.05, 4.69) is 169 Å². The Bertz CT molecular complexity index is 2240. The fourth-order valence-electron chi connectivity index (χ4n) is 6.12. The molecule has 1 heterocycles. The number of hydrogen-bond donors (Lipinski definition) is 1. The molecule has 9 heteroatoms. The highest BCUT2D eigenvalue weighted by Crippen LogP contribution is 2.43. The van der Waals surface area contributed by atoms with Gasteiger partial charge in [0.2, 0.25) is 0 Å². The van der Waals surface area contributed by atoms with Gasteiger partial charge in [-0.25, -0.2) is 0 Å². The van der Waals surface area contributed by atoms with Crippen molar-refractivity contribution in [1.82, 2.24) is 4.57 Å². The van der Waals surface area contributed by atoms with Crippen molar-refractivity contribution in [2.24, 2.45) is 7.05 Å². The topological polar surface area (TPSA) is 59.3 Å². The summed E-state index contributed by atoms with van der Waals surface area (Å²) in [5, 5.41) is 8.02. The van der Waals surface area contributed by atoms with Crippen LogP contribution in [0, 0.1) is 0 Å². The predicted octanol–water partition coefficient (Wildman–Crippen LogP) is 8.66. The highest BCUT2D eigenvalue weighted by Gasteiger charge is 2.44. The summed E-state index contributed by atoms with van der Waals surface area (Å²) in [5.74, 6) is 0.0748. The van der Waals surface area contributed by atoms with Gasteiger partial charge in [0, 0.05) is 30.1 Å². The first kappa shape index (κ1) is 33.2. The number of halogens is 3. The van der Waals surface area contributed by atoms with E-state index in [1.165, 1.54) is 54.3 Å². The first-order valence-electron chi connectivity index (χ1n) is 15.1. The van der Waals surface area contributed by atoms with Crippen molar-refractivity contribution in [2.45, 2.75) is 11.4 Å². The summed E-state index contributed by atoms with van der Waals surface area (Å²) in [7, 11) is -4.44. The third kappa shape index (κ3) is 6.78. The Kier molecular flexibility index (Phi) is 9.51. The van der Waals surface area contributed by atoms with E-state index in [1.54, 1.807) is 0 Å². The van der Waals surface area contributed by atoms with Gasteiger partial charge in [-0.2, -0.15) is 21.6 Å². The molecular formula is C39H31F3NO3PS. The van der Waals surface area contributed by atoms with Crippen molar-refractivity contribution in [3.8, 4) is 0 Å². The van der Waals surface area contributed by atoms with Crippen LogP contribution in [0.4, 0.5) is 13.2 Å². The third-order valence-corrected chi connectivity index (χ3v) is 11.3. The summed E-state index contributed by atoms with van der Waals surface area (Å²) >= 11 is 0. The standard InChI is InChI=1S/C38H30NP.CHF3O3S/c1-39-27-35(32-22-10-12-25-36(32)39)38(33-24-14-16-28-15-8-9-21-31(28)33)34-23-11-13-26-37(34)40(29-17-4-2-5-18-29)30-19-6-3-7-20-30;2-1(3,4)8(5,6)7/h2-27,38H,1H3;(H,5,6,7). The quantitative estimate of drug-likeness (QED) is 0.109. The number of fused-ring (bicyclic) bond motifs is 2. The van der Waals surface area contributed by atoms with Crippen LogP contribution in [0.3, 0.4) is 0 Å². The molecule has 0 spiro atoms. The molecule has 6 aromatic carbocycles. The van der Waals surface area contributed by atoms with Crippen LogP contribution < -0.4 is 15.9 Å². The van der Waals surface area contributed by atoms with E-state index in [-0.39, 0.29) is 5.92 Å². The summed E-state index contributed by atoms with van der Waals surface area (Å²) in [6.45, 7) is 0. The van der Waals surface area contributed by atoms with E-state index in [0.29, 0.717) is 0 Å². The van der Waals surface area contributed by atoms with Gasteiger partial charge in [0.25, 0.3) is 0 Å². The van der Waals surface area contributed by atoms with Gasteiger partial charge in [-0.3, -0.25) is 4.55 Å². The zero-order valence-electron chi connectivity index (χ0n) is 25.8. The largest absolute Gasteiger partial charge is 0.522 e. The zero-order chi connectivity index (χ0) is 33.9. The molecule has 7 rings (SSSR count). The van der Waals surface area contributed by atoms with E-state index >= 15 is 0 Å². The first-order chi connectivity index (χ1) is 23.0. The Balaban J connectivity index is 0.000000449. The van der Waals surface area contributed by atoms with Crippen LogP contribution in [-0.2, 0) is 17.2 Å². The van der Waals surface area contributed by atoms with Crippen LogP contribution in [0.2, 0.25) is 0 Å². The maximum Gasteiger partial charge on any atom is 0.522 e. The zero-order valence-corrected chi connectivity index (χ0v) is 27.5. The number of benzene rings is 6. The van der Waals surface area contributed by atoms with E-state index in [9.17, 15) is 13.2 Å². The lowest BCUT2D eigenvalue weighted by Gasteiger charge is -2.27.